The molecule has 0 radical (unpaired) electrons. The highest BCUT2D eigenvalue weighted by atomic mass is 127. The second-order valence-electron chi connectivity index (χ2n) is 9.31. The van der Waals surface area contributed by atoms with E-state index in [-0.39, 0.29) is 12.2 Å². The van der Waals surface area contributed by atoms with E-state index in [4.69, 9.17) is 13.3 Å². The topological polar surface area (TPSA) is 27.7 Å². The second-order valence-corrected chi connectivity index (χ2v) is 24.3. The third-order valence-corrected chi connectivity index (χ3v) is 22.7. The van der Waals surface area contributed by atoms with E-state index in [1.165, 1.54) is 18.1 Å². The van der Waals surface area contributed by atoms with E-state index in [9.17, 15) is 0 Å². The molecule has 0 aromatic carbocycles. The lowest BCUT2D eigenvalue weighted by Gasteiger charge is -2.40. The first kappa shape index (κ1) is 33.7. The van der Waals surface area contributed by atoms with Crippen molar-refractivity contribution in [2.24, 2.45) is 0 Å². The van der Waals surface area contributed by atoms with Crippen molar-refractivity contribution >= 4 is 47.5 Å². The first-order valence-corrected chi connectivity index (χ1v) is 22.5. The van der Waals surface area contributed by atoms with Crippen molar-refractivity contribution in [1.29, 1.82) is 0 Å². The Labute approximate surface area is 224 Å². The smallest absolute Gasteiger partial charge is 0.193 e. The lowest BCUT2D eigenvalue weighted by molar-refractivity contribution is 0.0501. The maximum absolute atomic E-state index is 7.17. The van der Waals surface area contributed by atoms with Crippen molar-refractivity contribution in [3.05, 3.63) is 22.3 Å². The van der Waals surface area contributed by atoms with Gasteiger partial charge in [-0.25, -0.2) is 0 Å². The zero-order chi connectivity index (χ0) is 25.4. The molecule has 0 heterocycles. The van der Waals surface area contributed by atoms with Crippen LogP contribution in [0.1, 0.15) is 68.7 Å². The Bertz CT molecular complexity index is 520. The molecule has 7 heteroatoms. The Morgan fingerprint density at radius 1 is 0.606 bits per heavy atom. The molecule has 0 unspecified atom stereocenters. The molecule has 0 rings (SSSR count). The van der Waals surface area contributed by atoms with Crippen molar-refractivity contribution in [1.82, 2.24) is 0 Å². The van der Waals surface area contributed by atoms with Crippen LogP contribution in [0.2, 0.25) is 54.4 Å². The molecule has 0 amide bonds. The van der Waals surface area contributed by atoms with Gasteiger partial charge >= 0.3 is 0 Å². The van der Waals surface area contributed by atoms with Crippen molar-refractivity contribution in [3.63, 3.8) is 0 Å². The molecule has 33 heavy (non-hydrogen) atoms. The first-order valence-electron chi connectivity index (χ1n) is 13.7. The van der Waals surface area contributed by atoms with Crippen LogP contribution in [-0.4, -0.2) is 43.8 Å². The number of hydrogen-bond donors (Lipinski definition) is 0. The molecule has 0 saturated heterocycles. The zero-order valence-electron chi connectivity index (χ0n) is 23.3. The van der Waals surface area contributed by atoms with Gasteiger partial charge in [0.15, 0.2) is 25.0 Å². The van der Waals surface area contributed by atoms with Crippen molar-refractivity contribution in [2.45, 2.75) is 135 Å². The molecule has 0 fully saturated rings. The van der Waals surface area contributed by atoms with Gasteiger partial charge < -0.3 is 13.3 Å². The van der Waals surface area contributed by atoms with Crippen LogP contribution < -0.4 is 0 Å². The summed E-state index contributed by atoms with van der Waals surface area (Å²) in [5.74, 6) is 0. The Morgan fingerprint density at radius 2 is 1.03 bits per heavy atom. The summed E-state index contributed by atoms with van der Waals surface area (Å²) in [6.07, 6.45) is 7.53. The summed E-state index contributed by atoms with van der Waals surface area (Å²) in [4.78, 5) is 0. The van der Waals surface area contributed by atoms with Crippen LogP contribution in [0, 0.1) is 0 Å². The largest absolute Gasteiger partial charge is 0.417 e. The molecule has 0 aromatic rings. The van der Waals surface area contributed by atoms with Crippen LogP contribution in [0.25, 0.3) is 0 Å². The maximum atomic E-state index is 7.17. The van der Waals surface area contributed by atoms with Gasteiger partial charge in [-0.1, -0.05) is 103 Å². The second kappa shape index (κ2) is 18.1. The number of allylic oxidation sites excluding steroid dienone is 2. The van der Waals surface area contributed by atoms with Crippen LogP contribution in [0.5, 0.6) is 0 Å². The third-order valence-electron chi connectivity index (χ3n) is 8.25. The fraction of sp³-hybridized carbons (Fsp3) is 0.846. The van der Waals surface area contributed by atoms with Crippen LogP contribution >= 0.6 is 22.6 Å². The zero-order valence-corrected chi connectivity index (χ0v) is 28.5. The van der Waals surface area contributed by atoms with Gasteiger partial charge in [-0.05, 0) is 64.9 Å². The van der Waals surface area contributed by atoms with Gasteiger partial charge in [-0.3, -0.25) is 0 Å². The highest BCUT2D eigenvalue weighted by Crippen LogP contribution is 2.31. The summed E-state index contributed by atoms with van der Waals surface area (Å²) in [7, 11) is -5.17. The summed E-state index contributed by atoms with van der Waals surface area (Å²) < 4.78 is 23.0. The quantitative estimate of drug-likeness (QED) is 0.0765. The molecule has 3 nitrogen and oxygen atoms in total. The fourth-order valence-corrected chi connectivity index (χ4v) is 13.4. The molecule has 2 atom stereocenters. The molecule has 0 saturated carbocycles. The minimum absolute atomic E-state index is 0.00480. The van der Waals surface area contributed by atoms with E-state index < -0.39 is 25.0 Å². The predicted octanol–water partition coefficient (Wildman–Crippen LogP) is 9.68. The third kappa shape index (κ3) is 10.7. The fourth-order valence-electron chi connectivity index (χ4n) is 4.80. The minimum Gasteiger partial charge on any atom is -0.417 e. The normalized spacial score (nSPS) is 15.6. The average Bonchev–Trinajstić information content (AvgIpc) is 2.87. The van der Waals surface area contributed by atoms with Gasteiger partial charge in [-0.2, -0.15) is 0 Å². The standard InChI is InChI=1S/C26H55IO3Si3/c1-10-31(11-2,12-3)28-24-22-26(30-33(16-7,17-8)18-9)25(21-19-20-23-27)29-32(13-4,14-5)15-6/h19-21,23,25-26H,10-18,22,24H2,1-9H3/b21-19+,23-20+/t25-,26+/m1/s1. The number of hydrogen-bond acceptors (Lipinski definition) is 3. The number of rotatable bonds is 20. The van der Waals surface area contributed by atoms with E-state index in [0.717, 1.165) is 49.3 Å². The van der Waals surface area contributed by atoms with E-state index >= 15 is 0 Å². The molecule has 0 aliphatic heterocycles. The highest BCUT2D eigenvalue weighted by molar-refractivity contribution is 14.1. The minimum atomic E-state index is -1.78. The summed E-state index contributed by atoms with van der Waals surface area (Å²) >= 11 is 2.28. The Kier molecular flexibility index (Phi) is 18.5. The summed E-state index contributed by atoms with van der Waals surface area (Å²) in [6, 6.07) is 10.6. The Morgan fingerprint density at radius 3 is 1.42 bits per heavy atom. The number of halogens is 1. The molecule has 0 N–H and O–H groups in total. The predicted molar refractivity (Wildman–Crippen MR) is 164 cm³/mol. The monoisotopic (exact) mass is 626 g/mol. The average molecular weight is 627 g/mol. The van der Waals surface area contributed by atoms with E-state index in [1.54, 1.807) is 0 Å². The van der Waals surface area contributed by atoms with E-state index in [1.807, 2.05) is 0 Å². The molecule has 196 valence electrons. The van der Waals surface area contributed by atoms with Gasteiger partial charge in [0.2, 0.25) is 0 Å². The van der Waals surface area contributed by atoms with Crippen LogP contribution in [0.4, 0.5) is 0 Å². The molecule has 0 bridgehead atoms. The van der Waals surface area contributed by atoms with Gasteiger partial charge in [0.05, 0.1) is 12.2 Å². The Balaban J connectivity index is 6.07. The van der Waals surface area contributed by atoms with Gasteiger partial charge in [-0.15, -0.1) is 0 Å². The molecular formula is C26H55IO3Si3. The summed E-state index contributed by atoms with van der Waals surface area (Å²) in [5.41, 5.74) is 0. The van der Waals surface area contributed by atoms with E-state index in [0.29, 0.717) is 0 Å². The highest BCUT2D eigenvalue weighted by Gasteiger charge is 2.39. The van der Waals surface area contributed by atoms with Crippen molar-refractivity contribution < 1.29 is 13.3 Å². The van der Waals surface area contributed by atoms with E-state index in [2.05, 4.69) is 107 Å². The first-order chi connectivity index (χ1) is 15.8. The lowest BCUT2D eigenvalue weighted by atomic mass is 10.1. The van der Waals surface area contributed by atoms with Crippen molar-refractivity contribution in [2.75, 3.05) is 6.61 Å². The summed E-state index contributed by atoms with van der Waals surface area (Å²) in [5, 5.41) is 0. The molecule has 0 spiro atoms. The van der Waals surface area contributed by atoms with Gasteiger partial charge in [0, 0.05) is 6.61 Å². The van der Waals surface area contributed by atoms with Crippen LogP contribution in [0.3, 0.4) is 0 Å². The molecular weight excluding hydrogens is 571 g/mol. The SMILES string of the molecule is CC[Si](CC)(CC)OCC[C@H](O[Si](CC)(CC)CC)[C@@H](/C=C/C=C/I)O[Si](CC)(CC)CC. The maximum Gasteiger partial charge on any atom is 0.193 e. The van der Waals surface area contributed by atoms with Gasteiger partial charge in [0.1, 0.15) is 0 Å². The lowest BCUT2D eigenvalue weighted by Crippen LogP contribution is -2.49. The van der Waals surface area contributed by atoms with Crippen LogP contribution in [-0.2, 0) is 13.3 Å². The van der Waals surface area contributed by atoms with Gasteiger partial charge in [0.25, 0.3) is 0 Å². The molecule has 0 aliphatic carbocycles. The molecule has 0 aliphatic rings. The molecule has 0 aromatic heterocycles. The Hall–Kier alpha value is 0.741. The van der Waals surface area contributed by atoms with Crippen LogP contribution in [0.15, 0.2) is 22.3 Å². The van der Waals surface area contributed by atoms with Crippen molar-refractivity contribution in [3.8, 4) is 0 Å². The summed E-state index contributed by atoms with van der Waals surface area (Å²) in [6.45, 7) is 21.6.